The Labute approximate surface area is 345 Å². The van der Waals surface area contributed by atoms with Gasteiger partial charge in [-0.3, -0.25) is 33.6 Å². The van der Waals surface area contributed by atoms with E-state index in [9.17, 15) is 53.7 Å². The van der Waals surface area contributed by atoms with Gasteiger partial charge in [0.2, 0.25) is 35.4 Å². The second-order valence-corrected chi connectivity index (χ2v) is 14.5. The summed E-state index contributed by atoms with van der Waals surface area (Å²) in [5.74, 6) is -7.69. The molecule has 2 aromatic rings. The van der Waals surface area contributed by atoms with Crippen molar-refractivity contribution in [3.05, 3.63) is 54.1 Å². The molecular formula is C38H56N10O12. The van der Waals surface area contributed by atoms with E-state index in [0.29, 0.717) is 30.5 Å². The minimum atomic E-state index is -1.72. The van der Waals surface area contributed by atoms with E-state index >= 15 is 0 Å². The van der Waals surface area contributed by atoms with E-state index in [4.69, 9.17) is 16.6 Å². The van der Waals surface area contributed by atoms with Crippen molar-refractivity contribution in [2.24, 2.45) is 11.5 Å². The number of carboxylic acids is 2. The number of carboxylic acid groups (broad SMARTS) is 2. The van der Waals surface area contributed by atoms with Gasteiger partial charge in [-0.15, -0.1) is 0 Å². The number of aliphatic hydroxyl groups excluding tert-OH is 2. The zero-order valence-corrected chi connectivity index (χ0v) is 33.2. The summed E-state index contributed by atoms with van der Waals surface area (Å²) < 4.78 is 0. The van der Waals surface area contributed by atoms with Crippen molar-refractivity contribution in [2.75, 3.05) is 19.7 Å². The summed E-state index contributed by atoms with van der Waals surface area (Å²) in [5.41, 5.74) is 12.6. The van der Waals surface area contributed by atoms with Crippen molar-refractivity contribution in [3.8, 4) is 0 Å². The largest absolute Gasteiger partial charge is 0.481 e. The number of benzene rings is 1. The third-order valence-corrected chi connectivity index (χ3v) is 9.79. The van der Waals surface area contributed by atoms with E-state index in [0.717, 1.165) is 0 Å². The number of amides is 6. The maximum absolute atomic E-state index is 14.0. The number of rotatable bonds is 25. The number of aliphatic hydroxyl groups is 2. The molecule has 0 bridgehead atoms. The number of carbonyl (C=O) groups excluding carboxylic acids is 6. The van der Waals surface area contributed by atoms with Crippen molar-refractivity contribution in [3.63, 3.8) is 0 Å². The number of nitrogens with zero attached hydrogens (tertiary/aromatic N) is 2. The predicted octanol–water partition coefficient (Wildman–Crippen LogP) is -3.61. The van der Waals surface area contributed by atoms with Gasteiger partial charge in [-0.05, 0) is 57.6 Å². The number of aromatic nitrogens is 2. The maximum atomic E-state index is 14.0. The normalized spacial score (nSPS) is 17.1. The number of imidazole rings is 1. The monoisotopic (exact) mass is 844 g/mol. The topological polar surface area (TPSA) is 362 Å². The van der Waals surface area contributed by atoms with Gasteiger partial charge in [-0.25, -0.2) is 9.78 Å². The minimum absolute atomic E-state index is 0.0779. The Morgan fingerprint density at radius 1 is 0.850 bits per heavy atom. The van der Waals surface area contributed by atoms with Crippen LogP contribution in [-0.4, -0.2) is 151 Å². The molecular weight excluding hydrogens is 788 g/mol. The summed E-state index contributed by atoms with van der Waals surface area (Å²) in [4.78, 5) is 112. The molecule has 1 aliphatic rings. The van der Waals surface area contributed by atoms with Crippen molar-refractivity contribution in [1.29, 1.82) is 0 Å². The lowest BCUT2D eigenvalue weighted by atomic mass is 10.0. The molecule has 330 valence electrons. The molecule has 1 aromatic carbocycles. The maximum Gasteiger partial charge on any atom is 0.328 e. The molecule has 2 heterocycles. The summed E-state index contributed by atoms with van der Waals surface area (Å²) in [6, 6.07) is -1.31. The summed E-state index contributed by atoms with van der Waals surface area (Å²) >= 11 is 0. The summed E-state index contributed by atoms with van der Waals surface area (Å²) in [7, 11) is 0. The fourth-order valence-electron chi connectivity index (χ4n) is 6.48. The summed E-state index contributed by atoms with van der Waals surface area (Å²) in [6.07, 6.45) is 1.97. The van der Waals surface area contributed by atoms with Gasteiger partial charge in [0.05, 0.1) is 25.1 Å². The van der Waals surface area contributed by atoms with Crippen LogP contribution < -0.4 is 38.1 Å². The highest BCUT2D eigenvalue weighted by molar-refractivity contribution is 5.97. The van der Waals surface area contributed by atoms with E-state index in [1.807, 2.05) is 0 Å². The smallest absolute Gasteiger partial charge is 0.328 e. The number of hydrogen-bond acceptors (Lipinski definition) is 13. The van der Waals surface area contributed by atoms with E-state index in [2.05, 4.69) is 36.6 Å². The van der Waals surface area contributed by atoms with Gasteiger partial charge >= 0.3 is 11.9 Å². The molecule has 14 N–H and O–H groups in total. The van der Waals surface area contributed by atoms with Crippen molar-refractivity contribution < 1.29 is 58.8 Å². The Bertz CT molecular complexity index is 1760. The van der Waals surface area contributed by atoms with Crippen molar-refractivity contribution in [2.45, 2.75) is 113 Å². The van der Waals surface area contributed by atoms with Crippen LogP contribution in [0, 0.1) is 0 Å². The van der Waals surface area contributed by atoms with Crippen molar-refractivity contribution >= 4 is 47.4 Å². The second kappa shape index (κ2) is 24.2. The number of H-pyrrole nitrogens is 1. The molecule has 1 saturated heterocycles. The van der Waals surface area contributed by atoms with Gasteiger partial charge in [0.1, 0.15) is 36.3 Å². The Kier molecular flexibility index (Phi) is 19.5. The van der Waals surface area contributed by atoms with Crippen LogP contribution in [0.5, 0.6) is 0 Å². The minimum Gasteiger partial charge on any atom is -0.481 e. The molecule has 1 aliphatic heterocycles. The van der Waals surface area contributed by atoms with E-state index < -0.39 is 102 Å². The van der Waals surface area contributed by atoms with E-state index in [1.54, 1.807) is 30.3 Å². The average Bonchev–Trinajstić information content (AvgIpc) is 3.93. The van der Waals surface area contributed by atoms with Crippen LogP contribution in [0.4, 0.5) is 0 Å². The zero-order valence-electron chi connectivity index (χ0n) is 33.2. The predicted molar refractivity (Wildman–Crippen MR) is 211 cm³/mol. The molecule has 0 spiro atoms. The molecule has 0 unspecified atom stereocenters. The highest BCUT2D eigenvalue weighted by Gasteiger charge is 2.39. The first kappa shape index (κ1) is 48.4. The van der Waals surface area contributed by atoms with E-state index in [1.165, 1.54) is 24.3 Å². The number of carbonyl (C=O) groups is 8. The lowest BCUT2D eigenvalue weighted by molar-refractivity contribution is -0.143. The van der Waals surface area contributed by atoms with Crippen LogP contribution >= 0.6 is 0 Å². The van der Waals surface area contributed by atoms with Crippen LogP contribution in [0.1, 0.15) is 63.1 Å². The highest BCUT2D eigenvalue weighted by Crippen LogP contribution is 2.20. The van der Waals surface area contributed by atoms with Gasteiger partial charge in [0.25, 0.3) is 0 Å². The SMILES string of the molecule is C[C@@H](O)[C@H](NC(=O)[C@H](Cc1cnc[nH]1)NC(=O)[C@H](CCCCN)NC(=O)[C@@H]1CCCN1C(=O)[C@@H](N)CCC(=O)O)C(=O)N[C@@H](Cc1ccccc1)C(=O)N[C@@H](CO)C(=O)O. The number of likely N-dealkylation sites (tertiary alicyclic amines) is 1. The molecule has 1 aromatic heterocycles. The standard InChI is InChI=1S/C38H56N10O12/c1-21(50)31(36(57)45-26(16-22-8-3-2-4-9-22)33(54)46-28(19-49)38(59)60)47-34(55)27(17-23-18-41-20-42-23)44-32(53)25(10-5-6-14-39)43-35(56)29-11-7-15-48(29)37(58)24(40)12-13-30(51)52/h2-4,8-9,18,20-21,24-29,31,49-50H,5-7,10-17,19,39-40H2,1H3,(H,41,42)(H,43,56)(H,44,53)(H,45,57)(H,46,54)(H,47,55)(H,51,52)(H,59,60)/t21-,24+,25+,26+,27+,28+,29+,31+/m1/s1. The van der Waals surface area contributed by atoms with Gasteiger partial charge in [-0.1, -0.05) is 30.3 Å². The lowest BCUT2D eigenvalue weighted by Crippen LogP contribution is -2.62. The fourth-order valence-corrected chi connectivity index (χ4v) is 6.48. The van der Waals surface area contributed by atoms with Crippen LogP contribution in [0.25, 0.3) is 0 Å². The number of aliphatic carboxylic acids is 2. The zero-order chi connectivity index (χ0) is 44.4. The van der Waals surface area contributed by atoms with Crippen LogP contribution in [0.3, 0.4) is 0 Å². The van der Waals surface area contributed by atoms with Crippen LogP contribution in [0.2, 0.25) is 0 Å². The molecule has 22 heteroatoms. The van der Waals surface area contributed by atoms with Gasteiger partial charge < -0.3 is 68.4 Å². The molecule has 60 heavy (non-hydrogen) atoms. The Balaban J connectivity index is 1.83. The number of nitrogens with one attached hydrogen (secondary N) is 6. The fraction of sp³-hybridized carbons (Fsp3) is 0.553. The molecule has 0 radical (unpaired) electrons. The molecule has 1 fully saturated rings. The molecule has 22 nitrogen and oxygen atoms in total. The third-order valence-electron chi connectivity index (χ3n) is 9.79. The number of unbranched alkanes of at least 4 members (excludes halogenated alkanes) is 1. The van der Waals surface area contributed by atoms with Gasteiger partial charge in [-0.2, -0.15) is 0 Å². The lowest BCUT2D eigenvalue weighted by Gasteiger charge is -2.29. The molecule has 6 amide bonds. The second-order valence-electron chi connectivity index (χ2n) is 14.5. The highest BCUT2D eigenvalue weighted by atomic mass is 16.4. The molecule has 8 atom stereocenters. The molecule has 0 saturated carbocycles. The quantitative estimate of drug-likeness (QED) is 0.0430. The number of hydrogen-bond donors (Lipinski definition) is 12. The number of nitrogens with two attached hydrogens (primary N) is 2. The van der Waals surface area contributed by atoms with Gasteiger partial charge in [0.15, 0.2) is 0 Å². The first-order valence-corrected chi connectivity index (χ1v) is 19.6. The Morgan fingerprint density at radius 3 is 2.08 bits per heavy atom. The summed E-state index contributed by atoms with van der Waals surface area (Å²) in [5, 5.41) is 50.9. The summed E-state index contributed by atoms with van der Waals surface area (Å²) in [6.45, 7) is 0.731. The molecule has 3 rings (SSSR count). The van der Waals surface area contributed by atoms with Gasteiger partial charge in [0, 0.05) is 37.7 Å². The van der Waals surface area contributed by atoms with Crippen LogP contribution in [-0.2, 0) is 51.2 Å². The van der Waals surface area contributed by atoms with E-state index in [-0.39, 0.29) is 51.6 Å². The third kappa shape index (κ3) is 15.0. The Hall–Kier alpha value is -5.97. The van der Waals surface area contributed by atoms with Crippen molar-refractivity contribution in [1.82, 2.24) is 41.5 Å². The average molecular weight is 845 g/mol. The number of aromatic amines is 1. The van der Waals surface area contributed by atoms with Crippen LogP contribution in [0.15, 0.2) is 42.9 Å². The first-order valence-electron chi connectivity index (χ1n) is 19.6. The first-order chi connectivity index (χ1) is 28.6. The molecule has 0 aliphatic carbocycles. The Morgan fingerprint density at radius 2 is 1.48 bits per heavy atom.